The molecule has 2 aromatic rings. The Labute approximate surface area is 134 Å². The van der Waals surface area contributed by atoms with E-state index >= 15 is 0 Å². The van der Waals surface area contributed by atoms with Crippen molar-refractivity contribution in [2.45, 2.75) is 18.9 Å². The number of amides is 1. The monoisotopic (exact) mass is 313 g/mol. The molecule has 3 rings (SSSR count). The number of benzene rings is 2. The molecule has 0 radical (unpaired) electrons. The van der Waals surface area contributed by atoms with Crippen LogP contribution in [0, 0.1) is 0 Å². The minimum atomic E-state index is -0.183. The molecule has 0 heterocycles. The van der Waals surface area contributed by atoms with Crippen molar-refractivity contribution in [2.24, 2.45) is 0 Å². The first-order valence-electron chi connectivity index (χ1n) is 7.23. The van der Waals surface area contributed by atoms with Crippen LogP contribution in [-0.2, 0) is 22.6 Å². The van der Waals surface area contributed by atoms with Gasteiger partial charge in [-0.25, -0.2) is 0 Å². The molecule has 0 fully saturated rings. The van der Waals surface area contributed by atoms with E-state index in [0.717, 1.165) is 29.4 Å². The van der Waals surface area contributed by atoms with Crippen LogP contribution in [0.3, 0.4) is 0 Å². The van der Waals surface area contributed by atoms with Crippen LogP contribution >= 0.6 is 11.6 Å². The first kappa shape index (κ1) is 14.8. The van der Waals surface area contributed by atoms with Gasteiger partial charge in [0.2, 0.25) is 5.91 Å². The van der Waals surface area contributed by atoms with E-state index in [2.05, 4.69) is 0 Å². The predicted octanol–water partition coefficient (Wildman–Crippen LogP) is 3.21. The first-order chi connectivity index (χ1) is 10.7. The molecule has 1 unspecified atom stereocenters. The van der Waals surface area contributed by atoms with Crippen LogP contribution in [0.2, 0.25) is 5.02 Å². The highest BCUT2D eigenvalue weighted by atomic mass is 35.5. The van der Waals surface area contributed by atoms with Crippen LogP contribution < -0.4 is 0 Å². The lowest BCUT2D eigenvalue weighted by Gasteiger charge is -2.33. The largest absolute Gasteiger partial charge is 0.331 e. The van der Waals surface area contributed by atoms with Crippen molar-refractivity contribution in [3.8, 4) is 0 Å². The van der Waals surface area contributed by atoms with Crippen molar-refractivity contribution < 1.29 is 9.59 Å². The number of carbonyl (C=O) groups excluding carboxylic acids is 2. The molecule has 1 aliphatic carbocycles. The second-order valence-corrected chi connectivity index (χ2v) is 5.91. The van der Waals surface area contributed by atoms with E-state index in [1.807, 2.05) is 48.5 Å². The van der Waals surface area contributed by atoms with Crippen LogP contribution in [0.4, 0.5) is 0 Å². The summed E-state index contributed by atoms with van der Waals surface area (Å²) < 4.78 is 0. The van der Waals surface area contributed by atoms with Gasteiger partial charge in [-0.05, 0) is 35.2 Å². The summed E-state index contributed by atoms with van der Waals surface area (Å²) >= 11 is 6.01. The number of fused-ring (bicyclic) bond motifs is 1. The molecule has 2 aromatic carbocycles. The topological polar surface area (TPSA) is 37.4 Å². The molecule has 0 saturated heterocycles. The highest BCUT2D eigenvalue weighted by molar-refractivity contribution is 6.30. The second kappa shape index (κ2) is 6.32. The molecule has 0 aliphatic heterocycles. The Hall–Kier alpha value is -2.13. The van der Waals surface area contributed by atoms with Crippen LogP contribution in [0.1, 0.15) is 22.6 Å². The normalized spacial score (nSPS) is 15.6. The van der Waals surface area contributed by atoms with Gasteiger partial charge in [0.15, 0.2) is 0 Å². The molecule has 0 bridgehead atoms. The molecule has 0 N–H and O–H groups in total. The van der Waals surface area contributed by atoms with E-state index in [0.29, 0.717) is 11.6 Å². The van der Waals surface area contributed by atoms with Gasteiger partial charge in [-0.2, -0.15) is 0 Å². The van der Waals surface area contributed by atoms with Gasteiger partial charge in [-0.15, -0.1) is 0 Å². The number of halogens is 1. The molecule has 22 heavy (non-hydrogen) atoms. The Balaban J connectivity index is 1.78. The highest BCUT2D eigenvalue weighted by Gasteiger charge is 2.35. The Bertz CT molecular complexity index is 699. The van der Waals surface area contributed by atoms with Crippen LogP contribution in [0.25, 0.3) is 0 Å². The van der Waals surface area contributed by atoms with Crippen molar-refractivity contribution in [2.75, 3.05) is 6.54 Å². The number of hydrogen-bond donors (Lipinski definition) is 0. The molecule has 0 saturated carbocycles. The van der Waals surface area contributed by atoms with Gasteiger partial charge in [-0.3, -0.25) is 4.79 Å². The van der Waals surface area contributed by atoms with E-state index < -0.39 is 0 Å². The van der Waals surface area contributed by atoms with Gasteiger partial charge >= 0.3 is 0 Å². The van der Waals surface area contributed by atoms with Crippen molar-refractivity contribution in [1.82, 2.24) is 4.90 Å². The average molecular weight is 314 g/mol. The molecule has 4 heteroatoms. The summed E-state index contributed by atoms with van der Waals surface area (Å²) in [4.78, 5) is 25.2. The van der Waals surface area contributed by atoms with E-state index in [4.69, 9.17) is 11.6 Å². The summed E-state index contributed by atoms with van der Waals surface area (Å²) in [5, 5.41) is 0.640. The van der Waals surface area contributed by atoms with Crippen molar-refractivity contribution in [1.29, 1.82) is 0 Å². The Morgan fingerprint density at radius 1 is 1.23 bits per heavy atom. The zero-order valence-electron chi connectivity index (χ0n) is 12.0. The molecule has 0 aromatic heterocycles. The quantitative estimate of drug-likeness (QED) is 0.795. The zero-order valence-corrected chi connectivity index (χ0v) is 12.8. The second-order valence-electron chi connectivity index (χ2n) is 5.47. The third-order valence-corrected chi connectivity index (χ3v) is 4.26. The summed E-state index contributed by atoms with van der Waals surface area (Å²) in [5.41, 5.74) is 3.17. The standard InChI is InChI=1S/C18H16ClNO2/c19-15-7-6-14-10-17(16(14)11-15)18(22)20(8-9-21)12-13-4-2-1-3-5-13/h1-7,9,11,17H,8,10,12H2. The fourth-order valence-corrected chi connectivity index (χ4v) is 3.02. The van der Waals surface area contributed by atoms with Gasteiger partial charge in [-0.1, -0.05) is 48.0 Å². The Kier molecular flexibility index (Phi) is 4.25. The molecular formula is C18H16ClNO2. The van der Waals surface area contributed by atoms with Gasteiger partial charge < -0.3 is 9.69 Å². The number of rotatable bonds is 5. The average Bonchev–Trinajstić information content (AvgIpc) is 2.51. The molecule has 1 amide bonds. The van der Waals surface area contributed by atoms with Crippen molar-refractivity contribution in [3.63, 3.8) is 0 Å². The minimum Gasteiger partial charge on any atom is -0.331 e. The molecule has 1 atom stereocenters. The summed E-state index contributed by atoms with van der Waals surface area (Å²) in [6.07, 6.45) is 1.49. The molecule has 112 valence electrons. The summed E-state index contributed by atoms with van der Waals surface area (Å²) in [6.45, 7) is 0.560. The highest BCUT2D eigenvalue weighted by Crippen LogP contribution is 2.38. The van der Waals surface area contributed by atoms with E-state index in [9.17, 15) is 9.59 Å². The van der Waals surface area contributed by atoms with Gasteiger partial charge in [0, 0.05) is 11.6 Å². The number of carbonyl (C=O) groups is 2. The maximum Gasteiger partial charge on any atom is 0.231 e. The van der Waals surface area contributed by atoms with Crippen molar-refractivity contribution >= 4 is 23.8 Å². The zero-order chi connectivity index (χ0) is 15.5. The molecular weight excluding hydrogens is 298 g/mol. The predicted molar refractivity (Wildman–Crippen MR) is 85.8 cm³/mol. The Morgan fingerprint density at radius 3 is 2.73 bits per heavy atom. The number of nitrogens with zero attached hydrogens (tertiary/aromatic N) is 1. The van der Waals surface area contributed by atoms with Crippen LogP contribution in [0.5, 0.6) is 0 Å². The number of aldehydes is 1. The maximum atomic E-state index is 12.7. The minimum absolute atomic E-state index is 0.00859. The summed E-state index contributed by atoms with van der Waals surface area (Å²) in [6, 6.07) is 15.4. The van der Waals surface area contributed by atoms with E-state index in [1.165, 1.54) is 0 Å². The summed E-state index contributed by atoms with van der Waals surface area (Å²) in [7, 11) is 0. The van der Waals surface area contributed by atoms with Gasteiger partial charge in [0.05, 0.1) is 12.5 Å². The Morgan fingerprint density at radius 2 is 2.00 bits per heavy atom. The lowest BCUT2D eigenvalue weighted by molar-refractivity contribution is -0.135. The molecule has 0 spiro atoms. The molecule has 3 nitrogen and oxygen atoms in total. The number of hydrogen-bond acceptors (Lipinski definition) is 2. The maximum absolute atomic E-state index is 12.7. The lowest BCUT2D eigenvalue weighted by atomic mass is 9.76. The van der Waals surface area contributed by atoms with Crippen LogP contribution in [-0.4, -0.2) is 23.6 Å². The van der Waals surface area contributed by atoms with E-state index in [-0.39, 0.29) is 18.4 Å². The first-order valence-corrected chi connectivity index (χ1v) is 7.61. The fourth-order valence-electron chi connectivity index (χ4n) is 2.84. The van der Waals surface area contributed by atoms with Gasteiger partial charge in [0.25, 0.3) is 0 Å². The van der Waals surface area contributed by atoms with Gasteiger partial charge in [0.1, 0.15) is 6.29 Å². The van der Waals surface area contributed by atoms with Crippen LogP contribution in [0.15, 0.2) is 48.5 Å². The third-order valence-electron chi connectivity index (χ3n) is 4.03. The van der Waals surface area contributed by atoms with Crippen molar-refractivity contribution in [3.05, 3.63) is 70.2 Å². The molecule has 1 aliphatic rings. The lowest BCUT2D eigenvalue weighted by Crippen LogP contribution is -2.40. The third kappa shape index (κ3) is 2.90. The smallest absolute Gasteiger partial charge is 0.231 e. The van der Waals surface area contributed by atoms with E-state index in [1.54, 1.807) is 4.90 Å². The fraction of sp³-hybridized carbons (Fsp3) is 0.222. The SMILES string of the molecule is O=CCN(Cc1ccccc1)C(=O)C1Cc2ccc(Cl)cc21. The summed E-state index contributed by atoms with van der Waals surface area (Å²) in [5.74, 6) is -0.192.